The highest BCUT2D eigenvalue weighted by Crippen LogP contribution is 2.35. The Morgan fingerprint density at radius 3 is 2.31 bits per heavy atom. The largest absolute Gasteiger partial charge is 0.330 e. The van der Waals surface area contributed by atoms with E-state index in [0.717, 1.165) is 4.90 Å². The predicted octanol–water partition coefficient (Wildman–Crippen LogP) is 1.06. The van der Waals surface area contributed by atoms with E-state index in [1.54, 1.807) is 20.8 Å². The van der Waals surface area contributed by atoms with Crippen LogP contribution in [-0.2, 0) is 9.59 Å². The zero-order chi connectivity index (χ0) is 12.5. The lowest BCUT2D eigenvalue weighted by molar-refractivity contribution is -0.148. The molecule has 16 heavy (non-hydrogen) atoms. The van der Waals surface area contributed by atoms with Gasteiger partial charge in [0.15, 0.2) is 0 Å². The minimum absolute atomic E-state index is 0.243. The lowest BCUT2D eigenvalue weighted by Gasteiger charge is -2.38. The quantitative estimate of drug-likeness (QED) is 0.575. The maximum Gasteiger partial charge on any atom is 0.330 e. The van der Waals surface area contributed by atoms with Gasteiger partial charge >= 0.3 is 6.03 Å². The predicted molar refractivity (Wildman–Crippen MR) is 58.5 cm³/mol. The summed E-state index contributed by atoms with van der Waals surface area (Å²) in [6, 6.07) is -0.650. The molecule has 5 nitrogen and oxygen atoms in total. The molecule has 1 aliphatic heterocycles. The molecule has 0 aliphatic carbocycles. The number of amides is 4. The lowest BCUT2D eigenvalue weighted by atomic mass is 9.75. The number of nitrogens with one attached hydrogen (secondary N) is 1. The zero-order valence-corrected chi connectivity index (χ0v) is 9.79. The SMILES string of the molecule is C=C(C)C1(CC)C(=O)NC(=O)N(CC)C1=O. The van der Waals surface area contributed by atoms with Gasteiger partial charge in [0.05, 0.1) is 0 Å². The average molecular weight is 224 g/mol. The Bertz CT molecular complexity index is 375. The third kappa shape index (κ3) is 1.43. The van der Waals surface area contributed by atoms with Crippen molar-refractivity contribution in [3.05, 3.63) is 12.2 Å². The summed E-state index contributed by atoms with van der Waals surface area (Å²) in [7, 11) is 0. The van der Waals surface area contributed by atoms with Gasteiger partial charge in [0.25, 0.3) is 0 Å². The van der Waals surface area contributed by atoms with E-state index in [1.807, 2.05) is 0 Å². The summed E-state index contributed by atoms with van der Waals surface area (Å²) in [6.45, 7) is 8.99. The molecule has 1 atom stereocenters. The van der Waals surface area contributed by atoms with Gasteiger partial charge in [0.1, 0.15) is 5.41 Å². The van der Waals surface area contributed by atoms with Crippen LogP contribution in [0.2, 0.25) is 0 Å². The zero-order valence-electron chi connectivity index (χ0n) is 9.79. The van der Waals surface area contributed by atoms with Gasteiger partial charge in [0.2, 0.25) is 11.8 Å². The fourth-order valence-corrected chi connectivity index (χ4v) is 1.97. The van der Waals surface area contributed by atoms with E-state index in [2.05, 4.69) is 11.9 Å². The lowest BCUT2D eigenvalue weighted by Crippen LogP contribution is -2.63. The Labute approximate surface area is 94.5 Å². The molecule has 0 aromatic heterocycles. The number of hydrogen-bond acceptors (Lipinski definition) is 3. The molecular formula is C11H16N2O3. The minimum atomic E-state index is -1.29. The summed E-state index contributed by atoms with van der Waals surface area (Å²) in [6.07, 6.45) is 0.302. The second-order valence-electron chi connectivity index (χ2n) is 3.85. The summed E-state index contributed by atoms with van der Waals surface area (Å²) in [5, 5.41) is 2.20. The number of urea groups is 1. The molecule has 1 saturated heterocycles. The molecule has 88 valence electrons. The van der Waals surface area contributed by atoms with Crippen molar-refractivity contribution >= 4 is 17.8 Å². The van der Waals surface area contributed by atoms with Gasteiger partial charge < -0.3 is 0 Å². The van der Waals surface area contributed by atoms with Crippen LogP contribution < -0.4 is 5.32 Å². The van der Waals surface area contributed by atoms with Gasteiger partial charge in [-0.15, -0.1) is 0 Å². The van der Waals surface area contributed by atoms with E-state index < -0.39 is 23.3 Å². The number of rotatable bonds is 3. The van der Waals surface area contributed by atoms with Gasteiger partial charge in [-0.25, -0.2) is 4.79 Å². The molecule has 5 heteroatoms. The fourth-order valence-electron chi connectivity index (χ4n) is 1.97. The Morgan fingerprint density at radius 1 is 1.38 bits per heavy atom. The van der Waals surface area contributed by atoms with E-state index in [-0.39, 0.29) is 6.54 Å². The molecule has 0 bridgehead atoms. The number of hydrogen-bond donors (Lipinski definition) is 1. The van der Waals surface area contributed by atoms with Crippen molar-refractivity contribution in [1.82, 2.24) is 10.2 Å². The maximum absolute atomic E-state index is 12.2. The van der Waals surface area contributed by atoms with Crippen molar-refractivity contribution < 1.29 is 14.4 Å². The van der Waals surface area contributed by atoms with Gasteiger partial charge in [0, 0.05) is 6.54 Å². The number of nitrogens with zero attached hydrogens (tertiary/aromatic N) is 1. The van der Waals surface area contributed by atoms with Crippen LogP contribution in [-0.4, -0.2) is 29.3 Å². The first-order valence-electron chi connectivity index (χ1n) is 5.25. The van der Waals surface area contributed by atoms with Crippen LogP contribution in [0.5, 0.6) is 0 Å². The monoisotopic (exact) mass is 224 g/mol. The molecule has 1 fully saturated rings. The second kappa shape index (κ2) is 4.08. The Balaban J connectivity index is 3.27. The molecule has 0 aromatic carbocycles. The smallest absolute Gasteiger partial charge is 0.276 e. The van der Waals surface area contributed by atoms with Crippen molar-refractivity contribution in [3.8, 4) is 0 Å². The molecule has 4 amide bonds. The summed E-state index contributed by atoms with van der Waals surface area (Å²) in [4.78, 5) is 36.4. The van der Waals surface area contributed by atoms with Gasteiger partial charge in [-0.2, -0.15) is 0 Å². The highest BCUT2D eigenvalue weighted by atomic mass is 16.2. The highest BCUT2D eigenvalue weighted by Gasteiger charge is 2.52. The minimum Gasteiger partial charge on any atom is -0.276 e. The summed E-state index contributed by atoms with van der Waals surface area (Å²) in [5.41, 5.74) is -0.826. The van der Waals surface area contributed by atoms with E-state index >= 15 is 0 Å². The fraction of sp³-hybridized carbons (Fsp3) is 0.545. The second-order valence-corrected chi connectivity index (χ2v) is 3.85. The van der Waals surface area contributed by atoms with E-state index in [0.29, 0.717) is 12.0 Å². The van der Waals surface area contributed by atoms with Crippen LogP contribution in [0, 0.1) is 5.41 Å². The van der Waals surface area contributed by atoms with E-state index in [9.17, 15) is 14.4 Å². The molecule has 0 spiro atoms. The topological polar surface area (TPSA) is 66.5 Å². The molecular weight excluding hydrogens is 208 g/mol. The van der Waals surface area contributed by atoms with Crippen LogP contribution in [0.3, 0.4) is 0 Å². The van der Waals surface area contributed by atoms with Crippen molar-refractivity contribution in [2.24, 2.45) is 5.41 Å². The van der Waals surface area contributed by atoms with Gasteiger partial charge in [-0.1, -0.05) is 19.1 Å². The molecule has 1 unspecified atom stereocenters. The maximum atomic E-state index is 12.2. The van der Waals surface area contributed by atoms with Crippen molar-refractivity contribution in [1.29, 1.82) is 0 Å². The Morgan fingerprint density at radius 2 is 1.94 bits per heavy atom. The Hall–Kier alpha value is -1.65. The summed E-state index contributed by atoms with van der Waals surface area (Å²) >= 11 is 0. The van der Waals surface area contributed by atoms with Gasteiger partial charge in [-0.3, -0.25) is 19.8 Å². The molecule has 1 aliphatic rings. The average Bonchev–Trinajstić information content (AvgIpc) is 2.18. The molecule has 1 heterocycles. The van der Waals surface area contributed by atoms with Crippen LogP contribution in [0.25, 0.3) is 0 Å². The molecule has 1 N–H and O–H groups in total. The van der Waals surface area contributed by atoms with Crippen LogP contribution in [0.1, 0.15) is 27.2 Å². The number of barbiturate groups is 1. The number of carbonyl (C=O) groups is 3. The summed E-state index contributed by atoms with van der Waals surface area (Å²) < 4.78 is 0. The standard InChI is InChI=1S/C11H16N2O3/c1-5-11(7(3)4)8(14)12-10(16)13(6-2)9(11)15/h3,5-6H2,1-2,4H3,(H,12,14,16). The van der Waals surface area contributed by atoms with Crippen molar-refractivity contribution in [3.63, 3.8) is 0 Å². The normalized spacial score (nSPS) is 25.7. The first kappa shape index (κ1) is 12.4. The summed E-state index contributed by atoms with van der Waals surface area (Å²) in [5.74, 6) is -1.04. The molecule has 1 rings (SSSR count). The third-order valence-corrected chi connectivity index (χ3v) is 3.04. The van der Waals surface area contributed by atoms with E-state index in [1.165, 1.54) is 0 Å². The first-order valence-corrected chi connectivity index (χ1v) is 5.25. The third-order valence-electron chi connectivity index (χ3n) is 3.04. The molecule has 0 aromatic rings. The van der Waals surface area contributed by atoms with Crippen LogP contribution in [0.4, 0.5) is 4.79 Å². The number of imide groups is 2. The first-order chi connectivity index (χ1) is 7.41. The Kier molecular flexibility index (Phi) is 3.16. The van der Waals surface area contributed by atoms with Crippen LogP contribution in [0.15, 0.2) is 12.2 Å². The van der Waals surface area contributed by atoms with Gasteiger partial charge in [-0.05, 0) is 20.3 Å². The molecule has 0 saturated carbocycles. The van der Waals surface area contributed by atoms with Crippen LogP contribution >= 0.6 is 0 Å². The van der Waals surface area contributed by atoms with E-state index in [4.69, 9.17) is 0 Å². The van der Waals surface area contributed by atoms with Crippen molar-refractivity contribution in [2.45, 2.75) is 27.2 Å². The number of carbonyl (C=O) groups excluding carboxylic acids is 3. The van der Waals surface area contributed by atoms with Crippen molar-refractivity contribution in [2.75, 3.05) is 6.54 Å². The molecule has 0 radical (unpaired) electrons. The highest BCUT2D eigenvalue weighted by molar-refractivity contribution is 6.20.